The quantitative estimate of drug-likeness (QED) is 0.861. The van der Waals surface area contributed by atoms with Crippen LogP contribution in [-0.2, 0) is 14.6 Å². The Morgan fingerprint density at radius 1 is 1.14 bits per heavy atom. The predicted molar refractivity (Wildman–Crippen MR) is 81.8 cm³/mol. The van der Waals surface area contributed by atoms with Gasteiger partial charge in [-0.05, 0) is 36.8 Å². The molecule has 1 atom stereocenters. The molecule has 1 amide bonds. The van der Waals surface area contributed by atoms with Crippen LogP contribution in [-0.4, -0.2) is 14.8 Å². The van der Waals surface area contributed by atoms with Gasteiger partial charge in [0.15, 0.2) is 5.37 Å². The molecule has 0 radical (unpaired) electrons. The van der Waals surface area contributed by atoms with E-state index in [1.54, 1.807) is 30.3 Å². The van der Waals surface area contributed by atoms with E-state index in [0.717, 1.165) is 5.56 Å². The lowest BCUT2D eigenvalue weighted by Gasteiger charge is -2.17. The monoisotopic (exact) mass is 323 g/mol. The van der Waals surface area contributed by atoms with Crippen LogP contribution in [0.4, 0.5) is 0 Å². The van der Waals surface area contributed by atoms with Crippen LogP contribution in [0.2, 0.25) is 5.02 Å². The summed E-state index contributed by atoms with van der Waals surface area (Å²) in [5, 5.41) is 1.59. The molecule has 0 aromatic heterocycles. The second-order valence-electron chi connectivity index (χ2n) is 4.58. The van der Waals surface area contributed by atoms with Crippen LogP contribution in [0.1, 0.15) is 16.5 Å². The summed E-state index contributed by atoms with van der Waals surface area (Å²) in [6.45, 7) is 1.87. The number of carbonyl (C=O) groups is 1. The van der Waals surface area contributed by atoms with Gasteiger partial charge in [0, 0.05) is 5.02 Å². The molecule has 4 nitrogen and oxygen atoms in total. The number of nitrogens with one attached hydrogen (secondary N) is 1. The molecule has 2 aromatic rings. The maximum absolute atomic E-state index is 12.7. The molecule has 21 heavy (non-hydrogen) atoms. The minimum absolute atomic E-state index is 0.146. The molecule has 6 heteroatoms. The van der Waals surface area contributed by atoms with Gasteiger partial charge in [0.1, 0.15) is 0 Å². The number of amides is 1. The summed E-state index contributed by atoms with van der Waals surface area (Å²) in [4.78, 5) is 10.9. The Morgan fingerprint density at radius 3 is 2.38 bits per heavy atom. The fourth-order valence-corrected chi connectivity index (χ4v) is 3.69. The van der Waals surface area contributed by atoms with E-state index in [-0.39, 0.29) is 4.90 Å². The van der Waals surface area contributed by atoms with Gasteiger partial charge in [-0.1, -0.05) is 41.4 Å². The van der Waals surface area contributed by atoms with Gasteiger partial charge in [-0.2, -0.15) is 0 Å². The highest BCUT2D eigenvalue weighted by atomic mass is 35.5. The van der Waals surface area contributed by atoms with Crippen LogP contribution < -0.4 is 5.32 Å². The lowest BCUT2D eigenvalue weighted by molar-refractivity contribution is -0.109. The van der Waals surface area contributed by atoms with Crippen LogP contribution in [0.5, 0.6) is 0 Å². The van der Waals surface area contributed by atoms with Gasteiger partial charge in [0.25, 0.3) is 0 Å². The standard InChI is InChI=1S/C15H14ClNO3S/c1-11-5-7-14(8-6-11)21(19,20)15(17-10-18)12-3-2-4-13(16)9-12/h2-10,15H,1H3,(H,17,18). The largest absolute Gasteiger partial charge is 0.338 e. The summed E-state index contributed by atoms with van der Waals surface area (Å²) < 4.78 is 25.4. The van der Waals surface area contributed by atoms with Crippen molar-refractivity contribution in [1.82, 2.24) is 5.32 Å². The number of hydrogen-bond donors (Lipinski definition) is 1. The Labute approximate surface area is 128 Å². The Kier molecular flexibility index (Phi) is 4.65. The first-order chi connectivity index (χ1) is 9.95. The maximum Gasteiger partial charge on any atom is 0.208 e. The number of rotatable bonds is 5. The number of hydrogen-bond acceptors (Lipinski definition) is 3. The van der Waals surface area contributed by atoms with Crippen molar-refractivity contribution >= 4 is 27.8 Å². The number of aryl methyl sites for hydroxylation is 1. The molecule has 0 aliphatic rings. The lowest BCUT2D eigenvalue weighted by atomic mass is 10.2. The van der Waals surface area contributed by atoms with Crippen LogP contribution in [0, 0.1) is 6.92 Å². The van der Waals surface area contributed by atoms with E-state index in [0.29, 0.717) is 17.0 Å². The first-order valence-corrected chi connectivity index (χ1v) is 8.13. The van der Waals surface area contributed by atoms with Crippen molar-refractivity contribution in [2.45, 2.75) is 17.2 Å². The third kappa shape index (κ3) is 3.43. The van der Waals surface area contributed by atoms with Crippen molar-refractivity contribution in [3.63, 3.8) is 0 Å². The summed E-state index contributed by atoms with van der Waals surface area (Å²) in [6.07, 6.45) is 0.372. The van der Waals surface area contributed by atoms with E-state index in [2.05, 4.69) is 5.32 Å². The summed E-state index contributed by atoms with van der Waals surface area (Å²) in [7, 11) is -3.75. The van der Waals surface area contributed by atoms with Crippen LogP contribution >= 0.6 is 11.6 Å². The molecular weight excluding hydrogens is 310 g/mol. The van der Waals surface area contributed by atoms with Crippen molar-refractivity contribution in [3.05, 3.63) is 64.7 Å². The molecule has 0 aliphatic heterocycles. The molecule has 0 aliphatic carbocycles. The molecule has 0 spiro atoms. The van der Waals surface area contributed by atoms with Gasteiger partial charge in [-0.3, -0.25) is 4.79 Å². The predicted octanol–water partition coefficient (Wildman–Crippen LogP) is 2.87. The van der Waals surface area contributed by atoms with Crippen molar-refractivity contribution in [2.24, 2.45) is 0 Å². The van der Waals surface area contributed by atoms with E-state index in [1.165, 1.54) is 18.2 Å². The van der Waals surface area contributed by atoms with Crippen LogP contribution in [0.25, 0.3) is 0 Å². The molecule has 110 valence electrons. The van der Waals surface area contributed by atoms with Crippen LogP contribution in [0.3, 0.4) is 0 Å². The number of halogens is 1. The first-order valence-electron chi connectivity index (χ1n) is 6.21. The molecule has 2 aromatic carbocycles. The van der Waals surface area contributed by atoms with E-state index >= 15 is 0 Å². The zero-order valence-electron chi connectivity index (χ0n) is 11.3. The minimum Gasteiger partial charge on any atom is -0.338 e. The van der Waals surface area contributed by atoms with Crippen molar-refractivity contribution in [1.29, 1.82) is 0 Å². The van der Waals surface area contributed by atoms with E-state index in [1.807, 2.05) is 6.92 Å². The third-order valence-corrected chi connectivity index (χ3v) is 5.22. The molecule has 0 saturated heterocycles. The van der Waals surface area contributed by atoms with Gasteiger partial charge in [0.2, 0.25) is 16.2 Å². The van der Waals surface area contributed by atoms with Gasteiger partial charge in [-0.15, -0.1) is 0 Å². The van der Waals surface area contributed by atoms with Crippen molar-refractivity contribution in [2.75, 3.05) is 0 Å². The van der Waals surface area contributed by atoms with Gasteiger partial charge < -0.3 is 5.32 Å². The normalized spacial score (nSPS) is 12.7. The fraction of sp³-hybridized carbons (Fsp3) is 0.133. The van der Waals surface area contributed by atoms with Gasteiger partial charge in [-0.25, -0.2) is 8.42 Å². The SMILES string of the molecule is Cc1ccc(S(=O)(=O)C(NC=O)c2cccc(Cl)c2)cc1. The molecule has 0 bridgehead atoms. The fourth-order valence-electron chi connectivity index (χ4n) is 1.96. The molecular formula is C15H14ClNO3S. The highest BCUT2D eigenvalue weighted by molar-refractivity contribution is 7.91. The second-order valence-corrected chi connectivity index (χ2v) is 7.05. The highest BCUT2D eigenvalue weighted by Gasteiger charge is 2.28. The van der Waals surface area contributed by atoms with E-state index < -0.39 is 15.2 Å². The second kappa shape index (κ2) is 6.28. The Balaban J connectivity index is 2.50. The number of benzene rings is 2. The summed E-state index contributed by atoms with van der Waals surface area (Å²) in [5.74, 6) is 0. The third-order valence-electron chi connectivity index (χ3n) is 3.03. The van der Waals surface area contributed by atoms with Crippen molar-refractivity contribution < 1.29 is 13.2 Å². The topological polar surface area (TPSA) is 63.2 Å². The Hall–Kier alpha value is -1.85. The van der Waals surface area contributed by atoms with Crippen LogP contribution in [0.15, 0.2) is 53.4 Å². The first kappa shape index (κ1) is 15.5. The molecule has 1 unspecified atom stereocenters. The molecule has 0 saturated carbocycles. The van der Waals surface area contributed by atoms with Gasteiger partial charge >= 0.3 is 0 Å². The molecule has 0 fully saturated rings. The average Bonchev–Trinajstić information content (AvgIpc) is 2.45. The zero-order chi connectivity index (χ0) is 15.5. The maximum atomic E-state index is 12.7. The average molecular weight is 324 g/mol. The van der Waals surface area contributed by atoms with E-state index in [9.17, 15) is 13.2 Å². The molecule has 1 N–H and O–H groups in total. The smallest absolute Gasteiger partial charge is 0.208 e. The molecule has 0 heterocycles. The molecule has 2 rings (SSSR count). The summed E-state index contributed by atoms with van der Waals surface area (Å²) >= 11 is 5.90. The van der Waals surface area contributed by atoms with Gasteiger partial charge in [0.05, 0.1) is 4.90 Å². The summed E-state index contributed by atoms with van der Waals surface area (Å²) in [5.41, 5.74) is 1.37. The summed E-state index contributed by atoms with van der Waals surface area (Å²) in [6, 6.07) is 12.9. The lowest BCUT2D eigenvalue weighted by Crippen LogP contribution is -2.27. The number of carbonyl (C=O) groups excluding carboxylic acids is 1. The van der Waals surface area contributed by atoms with Crippen molar-refractivity contribution in [3.8, 4) is 0 Å². The van der Waals surface area contributed by atoms with E-state index in [4.69, 9.17) is 11.6 Å². The highest BCUT2D eigenvalue weighted by Crippen LogP contribution is 2.28. The Bertz CT molecular complexity index is 742. The minimum atomic E-state index is -3.75. The zero-order valence-corrected chi connectivity index (χ0v) is 12.9. The Morgan fingerprint density at radius 2 is 1.81 bits per heavy atom. The number of sulfone groups is 1.